The predicted octanol–water partition coefficient (Wildman–Crippen LogP) is 5.83. The molecule has 0 bridgehead atoms. The summed E-state index contributed by atoms with van der Waals surface area (Å²) in [7, 11) is -3.59. The van der Waals surface area contributed by atoms with Gasteiger partial charge in [-0.1, -0.05) is 23.4 Å². The van der Waals surface area contributed by atoms with E-state index in [1.54, 1.807) is 30.6 Å². The van der Waals surface area contributed by atoms with Gasteiger partial charge in [-0.15, -0.1) is 11.3 Å². The molecular weight excluding hydrogens is 522 g/mol. The number of nitrogens with one attached hydrogen (secondary N) is 2. The molecule has 1 aliphatic rings. The van der Waals surface area contributed by atoms with Crippen molar-refractivity contribution in [1.29, 1.82) is 0 Å². The van der Waals surface area contributed by atoms with Crippen molar-refractivity contribution in [3.8, 4) is 10.6 Å². The van der Waals surface area contributed by atoms with E-state index < -0.39 is 10.0 Å². The minimum absolute atomic E-state index is 0.0845. The lowest BCUT2D eigenvalue weighted by Gasteiger charge is -2.30. The molecule has 1 fully saturated rings. The fourth-order valence-electron chi connectivity index (χ4n) is 4.28. The van der Waals surface area contributed by atoms with Gasteiger partial charge < -0.3 is 5.32 Å². The van der Waals surface area contributed by atoms with Gasteiger partial charge in [-0.25, -0.2) is 23.1 Å². The number of pyridine rings is 1. The van der Waals surface area contributed by atoms with Crippen molar-refractivity contribution in [2.45, 2.75) is 47.1 Å². The van der Waals surface area contributed by atoms with Crippen LogP contribution < -0.4 is 10.0 Å². The number of benzene rings is 1. The van der Waals surface area contributed by atoms with E-state index in [-0.39, 0.29) is 12.1 Å². The first kappa shape index (κ1) is 24.5. The molecule has 0 aliphatic heterocycles. The largest absolute Gasteiger partial charge is 0.382 e. The van der Waals surface area contributed by atoms with E-state index in [2.05, 4.69) is 25.0 Å². The van der Waals surface area contributed by atoms with Gasteiger partial charge in [0.25, 0.3) is 0 Å². The molecule has 1 aromatic carbocycles. The molecule has 0 atom stereocenters. The molecule has 0 unspecified atom stereocenters. The Morgan fingerprint density at radius 1 is 1.00 bits per heavy atom. The molecule has 5 rings (SSSR count). The molecule has 1 aliphatic carbocycles. The van der Waals surface area contributed by atoms with E-state index in [1.807, 2.05) is 30.5 Å². The Morgan fingerprint density at radius 2 is 1.77 bits per heavy atom. The highest BCUT2D eigenvalue weighted by Gasteiger charge is 2.27. The van der Waals surface area contributed by atoms with Crippen LogP contribution in [0.4, 0.5) is 5.69 Å². The lowest BCUT2D eigenvalue weighted by atomic mass is 9.91. The number of nitrogens with zero attached hydrogens (tertiary/aromatic N) is 3. The maximum atomic E-state index is 13.0. The zero-order valence-corrected chi connectivity index (χ0v) is 22.1. The third-order valence-electron chi connectivity index (χ3n) is 6.03. The maximum Gasteiger partial charge on any atom is 0.250 e. The van der Waals surface area contributed by atoms with Crippen LogP contribution in [0.15, 0.2) is 64.2 Å². The number of fused-ring (bicyclic) bond motifs is 1. The quantitative estimate of drug-likeness (QED) is 0.223. The van der Waals surface area contributed by atoms with Crippen LogP contribution in [0.2, 0.25) is 5.02 Å². The predicted molar refractivity (Wildman–Crippen MR) is 144 cm³/mol. The summed E-state index contributed by atoms with van der Waals surface area (Å²) in [5, 5.41) is 5.97. The highest BCUT2D eigenvalue weighted by atomic mass is 35.5. The summed E-state index contributed by atoms with van der Waals surface area (Å²) < 4.78 is 29.3. The van der Waals surface area contributed by atoms with Crippen LogP contribution in [0.3, 0.4) is 0 Å². The Hall–Kier alpha value is -2.24. The van der Waals surface area contributed by atoms with Crippen molar-refractivity contribution in [2.75, 3.05) is 11.6 Å². The number of hydrogen-bond donors (Lipinski definition) is 2. The SMILES string of the molecule is CSc1nccc(-c2ccc(S(=O)(=O)N[C@H]3CC[C@@H](Nc4ccnc5cc(Cl)ccc45)CC3)s2)n1. The minimum atomic E-state index is -3.59. The highest BCUT2D eigenvalue weighted by molar-refractivity contribution is 7.98. The molecule has 4 aromatic rings. The number of rotatable bonds is 7. The topological polar surface area (TPSA) is 96.9 Å². The van der Waals surface area contributed by atoms with Crippen molar-refractivity contribution in [3.05, 3.63) is 59.9 Å². The van der Waals surface area contributed by atoms with E-state index in [1.165, 1.54) is 23.1 Å². The van der Waals surface area contributed by atoms with E-state index in [0.717, 1.165) is 52.8 Å². The van der Waals surface area contributed by atoms with E-state index in [9.17, 15) is 8.42 Å². The average Bonchev–Trinajstić information content (AvgIpc) is 3.37. The van der Waals surface area contributed by atoms with Crippen LogP contribution >= 0.6 is 34.7 Å². The molecule has 3 aromatic heterocycles. The third kappa shape index (κ3) is 5.62. The van der Waals surface area contributed by atoms with Crippen LogP contribution in [0.25, 0.3) is 21.5 Å². The summed E-state index contributed by atoms with van der Waals surface area (Å²) in [6, 6.07) is 13.1. The van der Waals surface area contributed by atoms with Crippen LogP contribution in [0.1, 0.15) is 25.7 Å². The first-order chi connectivity index (χ1) is 16.9. The van der Waals surface area contributed by atoms with Crippen molar-refractivity contribution in [2.24, 2.45) is 0 Å². The minimum Gasteiger partial charge on any atom is -0.382 e. The third-order valence-corrected chi connectivity index (χ3v) is 9.95. The molecule has 0 spiro atoms. The van der Waals surface area contributed by atoms with Crippen molar-refractivity contribution < 1.29 is 8.42 Å². The number of thioether (sulfide) groups is 1. The van der Waals surface area contributed by atoms with Crippen LogP contribution in [0.5, 0.6) is 0 Å². The molecule has 0 saturated heterocycles. The molecule has 2 N–H and O–H groups in total. The van der Waals surface area contributed by atoms with Gasteiger partial charge in [0, 0.05) is 40.6 Å². The Kier molecular flexibility index (Phi) is 7.26. The first-order valence-corrected chi connectivity index (χ1v) is 15.1. The van der Waals surface area contributed by atoms with Gasteiger partial charge in [0.05, 0.1) is 16.1 Å². The molecule has 3 heterocycles. The van der Waals surface area contributed by atoms with Gasteiger partial charge in [0.15, 0.2) is 5.16 Å². The van der Waals surface area contributed by atoms with Gasteiger partial charge >= 0.3 is 0 Å². The Morgan fingerprint density at radius 3 is 2.57 bits per heavy atom. The van der Waals surface area contributed by atoms with Crippen LogP contribution in [-0.2, 0) is 10.0 Å². The standard InChI is InChI=1S/C24H24ClN5O2S3/c1-33-24-27-13-11-20(29-24)22-8-9-23(34-22)35(31,32)30-17-5-3-16(4-6-17)28-19-10-12-26-21-14-15(25)2-7-18(19)21/h2,7-14,16-17,30H,3-6H2,1H3,(H,26,28)/t16-,17+. The first-order valence-electron chi connectivity index (χ1n) is 11.2. The summed E-state index contributed by atoms with van der Waals surface area (Å²) >= 11 is 8.78. The van der Waals surface area contributed by atoms with Gasteiger partial charge in [-0.2, -0.15) is 0 Å². The summed E-state index contributed by atoms with van der Waals surface area (Å²) in [5.74, 6) is 0. The lowest BCUT2D eigenvalue weighted by molar-refractivity contribution is 0.387. The normalized spacial score (nSPS) is 18.6. The number of hydrogen-bond acceptors (Lipinski definition) is 8. The zero-order chi connectivity index (χ0) is 24.4. The van der Waals surface area contributed by atoms with Crippen molar-refractivity contribution >= 4 is 61.3 Å². The number of thiophene rings is 1. The summed E-state index contributed by atoms with van der Waals surface area (Å²) in [5.41, 5.74) is 2.61. The summed E-state index contributed by atoms with van der Waals surface area (Å²) in [6.45, 7) is 0. The number of aromatic nitrogens is 3. The number of halogens is 1. The lowest BCUT2D eigenvalue weighted by Crippen LogP contribution is -2.39. The van der Waals surface area contributed by atoms with Gasteiger partial charge in [-0.3, -0.25) is 4.98 Å². The molecule has 7 nitrogen and oxygen atoms in total. The molecule has 11 heteroatoms. The Balaban J connectivity index is 1.21. The second-order valence-electron chi connectivity index (χ2n) is 8.38. The molecular formula is C24H24ClN5O2S3. The summed E-state index contributed by atoms with van der Waals surface area (Å²) in [6.07, 6.45) is 8.67. The fourth-order valence-corrected chi connectivity index (χ4v) is 7.40. The second kappa shape index (κ2) is 10.4. The van der Waals surface area contributed by atoms with Crippen LogP contribution in [-0.4, -0.2) is 41.7 Å². The Bertz CT molecular complexity index is 1450. The molecule has 35 heavy (non-hydrogen) atoms. The zero-order valence-electron chi connectivity index (χ0n) is 18.9. The average molecular weight is 546 g/mol. The molecule has 0 radical (unpaired) electrons. The van der Waals surface area contributed by atoms with Gasteiger partial charge in [0.2, 0.25) is 10.0 Å². The second-order valence-corrected chi connectivity index (χ2v) is 12.6. The van der Waals surface area contributed by atoms with E-state index in [4.69, 9.17) is 11.6 Å². The molecule has 0 amide bonds. The monoisotopic (exact) mass is 545 g/mol. The van der Waals surface area contributed by atoms with Crippen molar-refractivity contribution in [3.63, 3.8) is 0 Å². The molecule has 1 saturated carbocycles. The summed E-state index contributed by atoms with van der Waals surface area (Å²) in [4.78, 5) is 13.9. The smallest absolute Gasteiger partial charge is 0.250 e. The van der Waals surface area contributed by atoms with E-state index >= 15 is 0 Å². The Labute approximate surface area is 217 Å². The van der Waals surface area contributed by atoms with Gasteiger partial charge in [0.1, 0.15) is 4.21 Å². The number of sulfonamides is 1. The van der Waals surface area contributed by atoms with Crippen molar-refractivity contribution in [1.82, 2.24) is 19.7 Å². The number of anilines is 1. The van der Waals surface area contributed by atoms with Crippen LogP contribution in [0, 0.1) is 0 Å². The van der Waals surface area contributed by atoms with E-state index in [0.29, 0.717) is 14.4 Å². The maximum absolute atomic E-state index is 13.0. The highest BCUT2D eigenvalue weighted by Crippen LogP contribution is 2.32. The van der Waals surface area contributed by atoms with Gasteiger partial charge in [-0.05, 0) is 74.4 Å². The molecule has 182 valence electrons. The fraction of sp³-hybridized carbons (Fsp3) is 0.292.